The molecule has 0 radical (unpaired) electrons. The van der Waals surface area contributed by atoms with Crippen LogP contribution in [0, 0.1) is 23.2 Å². The molecule has 3 heteroatoms. The summed E-state index contributed by atoms with van der Waals surface area (Å²) < 4.78 is 0. The van der Waals surface area contributed by atoms with Crippen LogP contribution in [0.2, 0.25) is 0 Å². The normalized spacial score (nSPS) is 35.9. The highest BCUT2D eigenvalue weighted by Crippen LogP contribution is 2.36. The summed E-state index contributed by atoms with van der Waals surface area (Å²) in [5.74, 6) is 1.66. The fourth-order valence-corrected chi connectivity index (χ4v) is 3.69. The van der Waals surface area contributed by atoms with E-state index in [9.17, 15) is 5.26 Å². The van der Waals surface area contributed by atoms with Gasteiger partial charge in [-0.25, -0.2) is 0 Å². The van der Waals surface area contributed by atoms with Crippen LogP contribution < -0.4 is 5.32 Å². The lowest BCUT2D eigenvalue weighted by Crippen LogP contribution is -2.44. The minimum Gasteiger partial charge on any atom is -0.300 e. The Bertz CT molecular complexity index is 333. The number of hydrogen-bond donors (Lipinski definition) is 1. The average Bonchev–Trinajstić information content (AvgIpc) is 3.04. The van der Waals surface area contributed by atoms with Gasteiger partial charge in [0.05, 0.1) is 6.07 Å². The summed E-state index contributed by atoms with van der Waals surface area (Å²) in [6.07, 6.45) is 5.68. The minimum absolute atomic E-state index is 0.239. The van der Waals surface area contributed by atoms with Gasteiger partial charge in [-0.15, -0.1) is 0 Å². The smallest absolute Gasteiger partial charge is 0.108 e. The van der Waals surface area contributed by atoms with Gasteiger partial charge in [-0.2, -0.15) is 5.26 Å². The molecule has 1 aliphatic carbocycles. The van der Waals surface area contributed by atoms with E-state index in [-0.39, 0.29) is 5.54 Å². The molecule has 1 aliphatic heterocycles. The molecule has 0 amide bonds. The Morgan fingerprint density at radius 2 is 2.21 bits per heavy atom. The zero-order chi connectivity index (χ0) is 13.9. The van der Waals surface area contributed by atoms with E-state index in [1.165, 1.54) is 25.9 Å². The fourth-order valence-electron chi connectivity index (χ4n) is 3.69. The highest BCUT2D eigenvalue weighted by Gasteiger charge is 2.42. The van der Waals surface area contributed by atoms with Gasteiger partial charge in [0.2, 0.25) is 0 Å². The summed E-state index contributed by atoms with van der Waals surface area (Å²) in [6.45, 7) is 10.3. The standard InChI is InChI=1S/C16H29N3/c1-4-8-18-16(12-17)7-5-15(10-16)19-9-6-14(11-19)13(2)3/h13-15,18H,4-11H2,1-3H3. The van der Waals surface area contributed by atoms with Crippen molar-refractivity contribution in [2.24, 2.45) is 11.8 Å². The number of nitriles is 1. The van der Waals surface area contributed by atoms with Crippen molar-refractivity contribution in [2.45, 2.75) is 64.5 Å². The van der Waals surface area contributed by atoms with Crippen LogP contribution in [0.1, 0.15) is 52.9 Å². The van der Waals surface area contributed by atoms with Gasteiger partial charge in [0.25, 0.3) is 0 Å². The first kappa shape index (κ1) is 14.8. The third-order valence-electron chi connectivity index (χ3n) is 5.13. The van der Waals surface area contributed by atoms with Crippen LogP contribution in [0.5, 0.6) is 0 Å². The second-order valence-corrected chi connectivity index (χ2v) is 6.81. The predicted molar refractivity (Wildman–Crippen MR) is 78.8 cm³/mol. The summed E-state index contributed by atoms with van der Waals surface area (Å²) in [7, 11) is 0. The molecule has 0 aromatic heterocycles. The first-order chi connectivity index (χ1) is 9.10. The quantitative estimate of drug-likeness (QED) is 0.829. The van der Waals surface area contributed by atoms with E-state index in [1.54, 1.807) is 0 Å². The molecule has 3 nitrogen and oxygen atoms in total. The van der Waals surface area contributed by atoms with Crippen molar-refractivity contribution in [3.8, 4) is 6.07 Å². The Balaban J connectivity index is 1.90. The average molecular weight is 263 g/mol. The van der Waals surface area contributed by atoms with Crippen LogP contribution in [0.25, 0.3) is 0 Å². The minimum atomic E-state index is -0.239. The lowest BCUT2D eigenvalue weighted by Gasteiger charge is -2.27. The molecule has 1 saturated heterocycles. The third kappa shape index (κ3) is 3.30. The second kappa shape index (κ2) is 6.24. The van der Waals surface area contributed by atoms with Crippen molar-refractivity contribution in [3.05, 3.63) is 0 Å². The number of hydrogen-bond acceptors (Lipinski definition) is 3. The number of nitrogens with zero attached hydrogens (tertiary/aromatic N) is 2. The largest absolute Gasteiger partial charge is 0.300 e. The van der Waals surface area contributed by atoms with E-state index in [2.05, 4.69) is 37.1 Å². The number of nitrogens with one attached hydrogen (secondary N) is 1. The maximum Gasteiger partial charge on any atom is 0.108 e. The summed E-state index contributed by atoms with van der Waals surface area (Å²) in [5, 5.41) is 13.0. The number of likely N-dealkylation sites (tertiary alicyclic amines) is 1. The van der Waals surface area contributed by atoms with E-state index in [4.69, 9.17) is 0 Å². The SMILES string of the molecule is CCCNC1(C#N)CCC(N2CCC(C(C)C)C2)C1. The van der Waals surface area contributed by atoms with Gasteiger partial charge in [-0.1, -0.05) is 20.8 Å². The third-order valence-corrected chi connectivity index (χ3v) is 5.13. The molecule has 108 valence electrons. The predicted octanol–water partition coefficient (Wildman–Crippen LogP) is 2.78. The van der Waals surface area contributed by atoms with Gasteiger partial charge < -0.3 is 0 Å². The molecule has 1 saturated carbocycles. The van der Waals surface area contributed by atoms with Crippen molar-refractivity contribution in [1.82, 2.24) is 10.2 Å². The van der Waals surface area contributed by atoms with Crippen LogP contribution >= 0.6 is 0 Å². The van der Waals surface area contributed by atoms with E-state index >= 15 is 0 Å². The van der Waals surface area contributed by atoms with Gasteiger partial charge >= 0.3 is 0 Å². The summed E-state index contributed by atoms with van der Waals surface area (Å²) in [6, 6.07) is 3.19. The van der Waals surface area contributed by atoms with Crippen LogP contribution in [-0.2, 0) is 0 Å². The van der Waals surface area contributed by atoms with Crippen molar-refractivity contribution < 1.29 is 0 Å². The van der Waals surface area contributed by atoms with Crippen molar-refractivity contribution in [1.29, 1.82) is 5.26 Å². The van der Waals surface area contributed by atoms with Crippen LogP contribution in [-0.4, -0.2) is 36.1 Å². The molecule has 3 unspecified atom stereocenters. The van der Waals surface area contributed by atoms with Crippen LogP contribution in [0.4, 0.5) is 0 Å². The highest BCUT2D eigenvalue weighted by atomic mass is 15.2. The molecular formula is C16H29N3. The fraction of sp³-hybridized carbons (Fsp3) is 0.938. The molecule has 1 N–H and O–H groups in total. The molecule has 0 bridgehead atoms. The molecular weight excluding hydrogens is 234 g/mol. The van der Waals surface area contributed by atoms with E-state index in [0.29, 0.717) is 6.04 Å². The van der Waals surface area contributed by atoms with Crippen molar-refractivity contribution >= 4 is 0 Å². The Morgan fingerprint density at radius 3 is 2.79 bits per heavy atom. The zero-order valence-electron chi connectivity index (χ0n) is 12.8. The maximum atomic E-state index is 9.51. The lowest BCUT2D eigenvalue weighted by molar-refractivity contribution is 0.220. The second-order valence-electron chi connectivity index (χ2n) is 6.81. The summed E-state index contributed by atoms with van der Waals surface area (Å²) in [5.41, 5.74) is -0.239. The van der Waals surface area contributed by atoms with Gasteiger partial charge in [0.1, 0.15) is 5.54 Å². The topological polar surface area (TPSA) is 39.1 Å². The highest BCUT2D eigenvalue weighted by molar-refractivity contribution is 5.13. The monoisotopic (exact) mass is 263 g/mol. The molecule has 0 aromatic carbocycles. The zero-order valence-corrected chi connectivity index (χ0v) is 12.8. The van der Waals surface area contributed by atoms with Gasteiger partial charge in [-0.3, -0.25) is 10.2 Å². The molecule has 1 heterocycles. The number of rotatable bonds is 5. The summed E-state index contributed by atoms with van der Waals surface area (Å²) in [4.78, 5) is 2.65. The molecule has 3 atom stereocenters. The first-order valence-corrected chi connectivity index (χ1v) is 8.00. The van der Waals surface area contributed by atoms with E-state index in [1.807, 2.05) is 0 Å². The van der Waals surface area contributed by atoms with E-state index in [0.717, 1.165) is 37.6 Å². The first-order valence-electron chi connectivity index (χ1n) is 8.00. The van der Waals surface area contributed by atoms with Gasteiger partial charge in [0, 0.05) is 12.6 Å². The Hall–Kier alpha value is -0.590. The summed E-state index contributed by atoms with van der Waals surface area (Å²) >= 11 is 0. The van der Waals surface area contributed by atoms with Crippen LogP contribution in [0.15, 0.2) is 0 Å². The molecule has 0 spiro atoms. The molecule has 2 aliphatic rings. The van der Waals surface area contributed by atoms with Gasteiger partial charge in [-0.05, 0) is 57.0 Å². The molecule has 0 aromatic rings. The Morgan fingerprint density at radius 1 is 1.42 bits per heavy atom. The van der Waals surface area contributed by atoms with E-state index < -0.39 is 0 Å². The van der Waals surface area contributed by atoms with Crippen molar-refractivity contribution in [3.63, 3.8) is 0 Å². The molecule has 2 rings (SSSR count). The Kier molecular flexibility index (Phi) is 4.86. The Labute approximate surface area is 118 Å². The van der Waals surface area contributed by atoms with Crippen LogP contribution in [0.3, 0.4) is 0 Å². The maximum absolute atomic E-state index is 9.51. The lowest BCUT2D eigenvalue weighted by atomic mass is 9.95. The molecule has 2 fully saturated rings. The van der Waals surface area contributed by atoms with Crippen molar-refractivity contribution in [2.75, 3.05) is 19.6 Å². The van der Waals surface area contributed by atoms with Gasteiger partial charge in [0.15, 0.2) is 0 Å². The molecule has 19 heavy (non-hydrogen) atoms.